The molecule has 1 aliphatic rings. The predicted octanol–water partition coefficient (Wildman–Crippen LogP) is 5.21. The second-order valence-corrected chi connectivity index (χ2v) is 7.91. The average Bonchev–Trinajstić information content (AvgIpc) is 2.70. The first kappa shape index (κ1) is 18.7. The zero-order chi connectivity index (χ0) is 19.7. The highest BCUT2D eigenvalue weighted by Crippen LogP contribution is 2.31. The van der Waals surface area contributed by atoms with Crippen LogP contribution in [0.15, 0.2) is 42.6 Å². The molecule has 1 aliphatic heterocycles. The number of anilines is 2. The van der Waals surface area contributed by atoms with Gasteiger partial charge in [-0.2, -0.15) is 0 Å². The van der Waals surface area contributed by atoms with Gasteiger partial charge < -0.3 is 10.2 Å². The molecule has 1 aromatic carbocycles. The number of piperidine rings is 1. The molecule has 1 N–H and O–H groups in total. The van der Waals surface area contributed by atoms with Gasteiger partial charge in [-0.05, 0) is 62.1 Å². The van der Waals surface area contributed by atoms with Crippen molar-refractivity contribution in [1.82, 2.24) is 14.9 Å². The zero-order valence-corrected chi connectivity index (χ0v) is 16.8. The number of hydrogen-bond acceptors (Lipinski definition) is 4. The predicted molar refractivity (Wildman–Crippen MR) is 113 cm³/mol. The van der Waals surface area contributed by atoms with Gasteiger partial charge in [0.05, 0.1) is 11.3 Å². The van der Waals surface area contributed by atoms with Crippen LogP contribution in [-0.2, 0) is 0 Å². The highest BCUT2D eigenvalue weighted by atomic mass is 35.5. The SMILES string of the molecule is Cc1ccc2c(Nc3ccc(Cl)cc3)c(C(=O)N3CCC(C)CC3)cnc2n1. The number of hydrogen-bond donors (Lipinski definition) is 1. The molecule has 4 rings (SSSR count). The van der Waals surface area contributed by atoms with E-state index in [0.29, 0.717) is 22.2 Å². The first-order chi connectivity index (χ1) is 13.5. The smallest absolute Gasteiger partial charge is 0.257 e. The van der Waals surface area contributed by atoms with E-state index in [0.717, 1.165) is 48.4 Å². The third-order valence-corrected chi connectivity index (χ3v) is 5.54. The fourth-order valence-corrected chi connectivity index (χ4v) is 3.65. The number of rotatable bonds is 3. The lowest BCUT2D eigenvalue weighted by Gasteiger charge is -2.31. The molecule has 0 bridgehead atoms. The Bertz CT molecular complexity index is 1010. The van der Waals surface area contributed by atoms with Crippen LogP contribution in [0.5, 0.6) is 0 Å². The number of fused-ring (bicyclic) bond motifs is 1. The van der Waals surface area contributed by atoms with Crippen molar-refractivity contribution in [3.05, 3.63) is 58.9 Å². The maximum absolute atomic E-state index is 13.3. The van der Waals surface area contributed by atoms with Gasteiger partial charge in [0, 0.05) is 41.1 Å². The fourth-order valence-electron chi connectivity index (χ4n) is 3.53. The molecule has 3 heterocycles. The average molecular weight is 395 g/mol. The van der Waals surface area contributed by atoms with Crippen LogP contribution in [0, 0.1) is 12.8 Å². The fraction of sp³-hybridized carbons (Fsp3) is 0.318. The summed E-state index contributed by atoms with van der Waals surface area (Å²) in [6, 6.07) is 11.3. The summed E-state index contributed by atoms with van der Waals surface area (Å²) in [4.78, 5) is 24.2. The van der Waals surface area contributed by atoms with E-state index in [1.807, 2.05) is 48.2 Å². The second-order valence-electron chi connectivity index (χ2n) is 7.48. The lowest BCUT2D eigenvalue weighted by atomic mass is 9.98. The number of benzene rings is 1. The molecule has 2 aromatic heterocycles. The molecular weight excluding hydrogens is 372 g/mol. The highest BCUT2D eigenvalue weighted by molar-refractivity contribution is 6.30. The monoisotopic (exact) mass is 394 g/mol. The molecule has 28 heavy (non-hydrogen) atoms. The Kier molecular flexibility index (Phi) is 5.18. The summed E-state index contributed by atoms with van der Waals surface area (Å²) in [5, 5.41) is 4.90. The molecule has 1 amide bonds. The minimum Gasteiger partial charge on any atom is -0.354 e. The second kappa shape index (κ2) is 7.76. The van der Waals surface area contributed by atoms with Crippen LogP contribution in [0.4, 0.5) is 11.4 Å². The van der Waals surface area contributed by atoms with Crippen LogP contribution in [-0.4, -0.2) is 33.9 Å². The van der Waals surface area contributed by atoms with Gasteiger partial charge in [0.25, 0.3) is 5.91 Å². The normalized spacial score (nSPS) is 15.0. The van der Waals surface area contributed by atoms with Crippen LogP contribution in [0.3, 0.4) is 0 Å². The number of amides is 1. The lowest BCUT2D eigenvalue weighted by molar-refractivity contribution is 0.0698. The molecule has 6 heteroatoms. The zero-order valence-electron chi connectivity index (χ0n) is 16.1. The van der Waals surface area contributed by atoms with E-state index in [9.17, 15) is 4.79 Å². The molecule has 1 saturated heterocycles. The van der Waals surface area contributed by atoms with Gasteiger partial charge in [0.2, 0.25) is 0 Å². The van der Waals surface area contributed by atoms with Gasteiger partial charge >= 0.3 is 0 Å². The van der Waals surface area contributed by atoms with Crippen molar-refractivity contribution < 1.29 is 4.79 Å². The molecule has 0 unspecified atom stereocenters. The van der Waals surface area contributed by atoms with Gasteiger partial charge in [-0.1, -0.05) is 18.5 Å². The molecular formula is C22H23ClN4O. The van der Waals surface area contributed by atoms with Crippen molar-refractivity contribution in [1.29, 1.82) is 0 Å². The van der Waals surface area contributed by atoms with Crippen molar-refractivity contribution in [3.63, 3.8) is 0 Å². The number of aryl methyl sites for hydroxylation is 1. The van der Waals surface area contributed by atoms with Crippen molar-refractivity contribution in [3.8, 4) is 0 Å². The van der Waals surface area contributed by atoms with E-state index < -0.39 is 0 Å². The number of aromatic nitrogens is 2. The minimum atomic E-state index is 0.0124. The molecule has 0 saturated carbocycles. The topological polar surface area (TPSA) is 58.1 Å². The third kappa shape index (κ3) is 3.80. The maximum Gasteiger partial charge on any atom is 0.257 e. The first-order valence-electron chi connectivity index (χ1n) is 9.59. The van der Waals surface area contributed by atoms with Gasteiger partial charge in [-0.25, -0.2) is 9.97 Å². The summed E-state index contributed by atoms with van der Waals surface area (Å²) in [5.41, 5.74) is 3.69. The number of pyridine rings is 2. The quantitative estimate of drug-likeness (QED) is 0.662. The number of nitrogens with one attached hydrogen (secondary N) is 1. The van der Waals surface area contributed by atoms with E-state index >= 15 is 0 Å². The van der Waals surface area contributed by atoms with Crippen molar-refractivity contribution in [2.45, 2.75) is 26.7 Å². The highest BCUT2D eigenvalue weighted by Gasteiger charge is 2.25. The summed E-state index contributed by atoms with van der Waals surface area (Å²) >= 11 is 6.01. The Morgan fingerprint density at radius 2 is 1.86 bits per heavy atom. The summed E-state index contributed by atoms with van der Waals surface area (Å²) < 4.78 is 0. The van der Waals surface area contributed by atoms with Gasteiger partial charge in [0.15, 0.2) is 5.65 Å². The van der Waals surface area contributed by atoms with E-state index in [2.05, 4.69) is 22.2 Å². The van der Waals surface area contributed by atoms with E-state index in [1.165, 1.54) is 0 Å². The molecule has 5 nitrogen and oxygen atoms in total. The van der Waals surface area contributed by atoms with Crippen LogP contribution < -0.4 is 5.32 Å². The standard InChI is InChI=1S/C22H23ClN4O/c1-14-9-11-27(12-10-14)22(28)19-13-24-21-18(8-3-15(2)25-21)20(19)26-17-6-4-16(23)5-7-17/h3-8,13-14H,9-12H2,1-2H3,(H,24,25,26). The Morgan fingerprint density at radius 1 is 1.14 bits per heavy atom. The van der Waals surface area contributed by atoms with E-state index in [-0.39, 0.29) is 5.91 Å². The molecule has 0 aliphatic carbocycles. The number of nitrogens with zero attached hydrogens (tertiary/aromatic N) is 3. The number of halogens is 1. The number of carbonyl (C=O) groups is 1. The number of likely N-dealkylation sites (tertiary alicyclic amines) is 1. The van der Waals surface area contributed by atoms with Crippen LogP contribution >= 0.6 is 11.6 Å². The Hall–Kier alpha value is -2.66. The molecule has 144 valence electrons. The van der Waals surface area contributed by atoms with Crippen molar-refractivity contribution in [2.24, 2.45) is 5.92 Å². The Morgan fingerprint density at radius 3 is 2.57 bits per heavy atom. The van der Waals surface area contributed by atoms with Gasteiger partial charge in [0.1, 0.15) is 0 Å². The summed E-state index contributed by atoms with van der Waals surface area (Å²) in [6.45, 7) is 5.73. The summed E-state index contributed by atoms with van der Waals surface area (Å²) in [7, 11) is 0. The van der Waals surface area contributed by atoms with E-state index in [1.54, 1.807) is 6.20 Å². The molecule has 3 aromatic rings. The molecule has 0 spiro atoms. The van der Waals surface area contributed by atoms with Crippen molar-refractivity contribution in [2.75, 3.05) is 18.4 Å². The lowest BCUT2D eigenvalue weighted by Crippen LogP contribution is -2.38. The van der Waals surface area contributed by atoms with Crippen molar-refractivity contribution >= 4 is 39.9 Å². The Labute approximate surface area is 169 Å². The number of carbonyl (C=O) groups excluding carboxylic acids is 1. The van der Waals surface area contributed by atoms with Gasteiger partial charge in [-0.3, -0.25) is 4.79 Å². The molecule has 1 fully saturated rings. The summed E-state index contributed by atoms with van der Waals surface area (Å²) in [6.07, 6.45) is 3.72. The molecule has 0 atom stereocenters. The maximum atomic E-state index is 13.3. The van der Waals surface area contributed by atoms with Crippen LogP contribution in [0.1, 0.15) is 35.8 Å². The van der Waals surface area contributed by atoms with E-state index in [4.69, 9.17) is 11.6 Å². The third-order valence-electron chi connectivity index (χ3n) is 5.28. The Balaban J connectivity index is 1.77. The summed E-state index contributed by atoms with van der Waals surface area (Å²) in [5.74, 6) is 0.677. The first-order valence-corrected chi connectivity index (χ1v) is 9.97. The van der Waals surface area contributed by atoms with Gasteiger partial charge in [-0.15, -0.1) is 0 Å². The van der Waals surface area contributed by atoms with Crippen LogP contribution in [0.25, 0.3) is 11.0 Å². The largest absolute Gasteiger partial charge is 0.354 e. The molecule has 0 radical (unpaired) electrons. The van der Waals surface area contributed by atoms with Crippen LogP contribution in [0.2, 0.25) is 5.02 Å². The minimum absolute atomic E-state index is 0.0124.